The number of nitrogens with zero attached hydrogens (tertiary/aromatic N) is 3. The number of aliphatic hydroxyl groups is 1. The van der Waals surface area contributed by atoms with Crippen LogP contribution < -0.4 is 0 Å². The summed E-state index contributed by atoms with van der Waals surface area (Å²) >= 11 is 0.931. The minimum Gasteiger partial charge on any atom is -0.481 e. The molecular weight excluding hydrogens is 284 g/mol. The number of halogens is 2. The molecule has 19 heavy (non-hydrogen) atoms. The van der Waals surface area contributed by atoms with Gasteiger partial charge in [0.2, 0.25) is 0 Å². The number of alkyl halides is 2. The highest BCUT2D eigenvalue weighted by Gasteiger charge is 2.13. The Labute approximate surface area is 111 Å². The number of aliphatic carboxylic acids is 1. The third-order valence-electron chi connectivity index (χ3n) is 1.96. The number of rotatable bonds is 9. The Bertz CT molecular complexity index is 416. The summed E-state index contributed by atoms with van der Waals surface area (Å²) in [6.45, 7) is -0.892. The zero-order valence-corrected chi connectivity index (χ0v) is 10.6. The summed E-state index contributed by atoms with van der Waals surface area (Å²) in [6.07, 6.45) is -2.54. The number of carboxylic acid groups (broad SMARTS) is 1. The maximum atomic E-state index is 11.9. The summed E-state index contributed by atoms with van der Waals surface area (Å²) < 4.78 is 29.9. The van der Waals surface area contributed by atoms with Crippen LogP contribution >= 0.6 is 11.8 Å². The predicted molar refractivity (Wildman–Crippen MR) is 61.1 cm³/mol. The van der Waals surface area contributed by atoms with Crippen molar-refractivity contribution >= 4 is 17.7 Å². The summed E-state index contributed by atoms with van der Waals surface area (Å²) in [5.74, 6) is -0.992. The first-order valence-electron chi connectivity index (χ1n) is 5.28. The maximum absolute atomic E-state index is 11.9. The topological polar surface area (TPSA) is 97.5 Å². The first-order chi connectivity index (χ1) is 9.04. The number of carbonyl (C=O) groups is 1. The predicted octanol–water partition coefficient (Wildman–Crippen LogP) is 0.229. The fourth-order valence-electron chi connectivity index (χ4n) is 1.22. The van der Waals surface area contributed by atoms with Crippen LogP contribution in [0.5, 0.6) is 0 Å². The SMILES string of the molecule is O=C(O)CSc1nnc(CO)n1CCOCC(F)F. The molecule has 108 valence electrons. The lowest BCUT2D eigenvalue weighted by atomic mass is 10.6. The molecule has 0 aliphatic rings. The summed E-state index contributed by atoms with van der Waals surface area (Å²) in [5.41, 5.74) is 0. The highest BCUT2D eigenvalue weighted by Crippen LogP contribution is 2.16. The van der Waals surface area contributed by atoms with Crippen LogP contribution in [0.4, 0.5) is 8.78 Å². The van der Waals surface area contributed by atoms with Gasteiger partial charge in [-0.1, -0.05) is 11.8 Å². The number of hydrogen-bond acceptors (Lipinski definition) is 6. The van der Waals surface area contributed by atoms with Crippen LogP contribution in [0.1, 0.15) is 5.82 Å². The van der Waals surface area contributed by atoms with E-state index in [1.165, 1.54) is 4.57 Å². The molecule has 0 saturated carbocycles. The normalized spacial score (nSPS) is 11.2. The number of ether oxygens (including phenoxy) is 1. The van der Waals surface area contributed by atoms with Crippen molar-refractivity contribution in [3.8, 4) is 0 Å². The van der Waals surface area contributed by atoms with E-state index < -0.39 is 19.0 Å². The van der Waals surface area contributed by atoms with Crippen LogP contribution in [0.25, 0.3) is 0 Å². The highest BCUT2D eigenvalue weighted by atomic mass is 32.2. The molecule has 0 amide bonds. The molecule has 7 nitrogen and oxygen atoms in total. The molecule has 0 radical (unpaired) electrons. The number of thioether (sulfide) groups is 1. The molecular formula is C9H13F2N3O4S. The van der Waals surface area contributed by atoms with E-state index in [0.29, 0.717) is 5.16 Å². The van der Waals surface area contributed by atoms with Gasteiger partial charge in [-0.2, -0.15) is 0 Å². The van der Waals surface area contributed by atoms with Crippen LogP contribution in [-0.2, 0) is 22.7 Å². The average molecular weight is 297 g/mol. The van der Waals surface area contributed by atoms with E-state index in [9.17, 15) is 13.6 Å². The molecule has 1 heterocycles. The fourth-order valence-corrected chi connectivity index (χ4v) is 1.93. The molecule has 0 unspecified atom stereocenters. The van der Waals surface area contributed by atoms with Crippen molar-refractivity contribution in [3.05, 3.63) is 5.82 Å². The van der Waals surface area contributed by atoms with Gasteiger partial charge in [0, 0.05) is 6.54 Å². The Morgan fingerprint density at radius 1 is 1.47 bits per heavy atom. The van der Waals surface area contributed by atoms with Crippen molar-refractivity contribution < 1.29 is 28.5 Å². The van der Waals surface area contributed by atoms with Crippen LogP contribution in [0.15, 0.2) is 5.16 Å². The van der Waals surface area contributed by atoms with Gasteiger partial charge < -0.3 is 19.5 Å². The zero-order valence-electron chi connectivity index (χ0n) is 9.83. The quantitative estimate of drug-likeness (QED) is 0.497. The van der Waals surface area contributed by atoms with E-state index >= 15 is 0 Å². The molecule has 0 aromatic carbocycles. The summed E-state index contributed by atoms with van der Waals surface area (Å²) in [6, 6.07) is 0. The van der Waals surface area contributed by atoms with Crippen molar-refractivity contribution in [1.82, 2.24) is 14.8 Å². The van der Waals surface area contributed by atoms with Crippen molar-refractivity contribution in [2.75, 3.05) is 19.0 Å². The Balaban J connectivity index is 2.57. The van der Waals surface area contributed by atoms with E-state index in [0.717, 1.165) is 11.8 Å². The van der Waals surface area contributed by atoms with Gasteiger partial charge in [-0.15, -0.1) is 10.2 Å². The third kappa shape index (κ3) is 5.49. The molecule has 0 aliphatic carbocycles. The maximum Gasteiger partial charge on any atom is 0.313 e. The van der Waals surface area contributed by atoms with Crippen molar-refractivity contribution in [3.63, 3.8) is 0 Å². The smallest absolute Gasteiger partial charge is 0.313 e. The molecule has 0 saturated heterocycles. The molecule has 1 rings (SSSR count). The van der Waals surface area contributed by atoms with Gasteiger partial charge in [0.25, 0.3) is 6.43 Å². The van der Waals surface area contributed by atoms with Gasteiger partial charge in [0.1, 0.15) is 13.2 Å². The lowest BCUT2D eigenvalue weighted by Crippen LogP contribution is -2.14. The van der Waals surface area contributed by atoms with Crippen LogP contribution in [0.3, 0.4) is 0 Å². The van der Waals surface area contributed by atoms with E-state index in [2.05, 4.69) is 10.2 Å². The second-order valence-electron chi connectivity index (χ2n) is 3.36. The Kier molecular flexibility index (Phi) is 6.67. The molecule has 10 heteroatoms. The monoisotopic (exact) mass is 297 g/mol. The minimum absolute atomic E-state index is 0.00396. The molecule has 0 aliphatic heterocycles. The number of hydrogen-bond donors (Lipinski definition) is 2. The molecule has 0 spiro atoms. The van der Waals surface area contributed by atoms with Gasteiger partial charge in [-0.25, -0.2) is 8.78 Å². The summed E-state index contributed by atoms with van der Waals surface area (Å²) in [7, 11) is 0. The minimum atomic E-state index is -2.54. The fraction of sp³-hybridized carbons (Fsp3) is 0.667. The number of aliphatic hydroxyl groups excluding tert-OH is 1. The van der Waals surface area contributed by atoms with Gasteiger partial charge >= 0.3 is 5.97 Å². The van der Waals surface area contributed by atoms with E-state index in [1.54, 1.807) is 0 Å². The van der Waals surface area contributed by atoms with Crippen LogP contribution in [0, 0.1) is 0 Å². The number of carboxylic acids is 1. The largest absolute Gasteiger partial charge is 0.481 e. The van der Waals surface area contributed by atoms with Crippen molar-refractivity contribution in [2.45, 2.75) is 24.7 Å². The van der Waals surface area contributed by atoms with E-state index in [1.807, 2.05) is 0 Å². The number of aromatic nitrogens is 3. The Morgan fingerprint density at radius 3 is 2.79 bits per heavy atom. The van der Waals surface area contributed by atoms with Gasteiger partial charge in [0.15, 0.2) is 11.0 Å². The van der Waals surface area contributed by atoms with Gasteiger partial charge in [0.05, 0.1) is 12.4 Å². The average Bonchev–Trinajstić information content (AvgIpc) is 2.74. The second kappa shape index (κ2) is 8.02. The van der Waals surface area contributed by atoms with E-state index in [4.69, 9.17) is 14.9 Å². The van der Waals surface area contributed by atoms with Crippen LogP contribution in [-0.4, -0.2) is 56.3 Å². The highest BCUT2D eigenvalue weighted by molar-refractivity contribution is 7.99. The molecule has 0 bridgehead atoms. The lowest BCUT2D eigenvalue weighted by Gasteiger charge is -2.08. The first kappa shape index (κ1) is 15.8. The van der Waals surface area contributed by atoms with Gasteiger partial charge in [-0.05, 0) is 0 Å². The standard InChI is InChI=1S/C9H13F2N3O4S/c10-6(11)4-18-2-1-14-7(3-15)12-13-9(14)19-5-8(16)17/h6,15H,1-5H2,(H,16,17). The molecule has 2 N–H and O–H groups in total. The Morgan fingerprint density at radius 2 is 2.21 bits per heavy atom. The van der Waals surface area contributed by atoms with Gasteiger partial charge in [-0.3, -0.25) is 4.79 Å². The lowest BCUT2D eigenvalue weighted by molar-refractivity contribution is -0.133. The molecule has 0 atom stereocenters. The third-order valence-corrected chi connectivity index (χ3v) is 2.91. The summed E-state index contributed by atoms with van der Waals surface area (Å²) in [5, 5.41) is 25.3. The molecule has 1 aromatic rings. The van der Waals surface area contributed by atoms with Crippen molar-refractivity contribution in [2.24, 2.45) is 0 Å². The van der Waals surface area contributed by atoms with Crippen LogP contribution in [0.2, 0.25) is 0 Å². The molecule has 1 aromatic heterocycles. The second-order valence-corrected chi connectivity index (χ2v) is 4.30. The zero-order chi connectivity index (χ0) is 14.3. The van der Waals surface area contributed by atoms with E-state index in [-0.39, 0.29) is 31.3 Å². The summed E-state index contributed by atoms with van der Waals surface area (Å²) in [4.78, 5) is 10.5. The molecule has 0 fully saturated rings. The Hall–Kier alpha value is -1.26. The first-order valence-corrected chi connectivity index (χ1v) is 6.26. The van der Waals surface area contributed by atoms with Crippen molar-refractivity contribution in [1.29, 1.82) is 0 Å².